The van der Waals surface area contributed by atoms with Crippen LogP contribution in [0.5, 0.6) is 5.75 Å². The summed E-state index contributed by atoms with van der Waals surface area (Å²) in [5.41, 5.74) is 2.81. The van der Waals surface area contributed by atoms with E-state index >= 15 is 0 Å². The summed E-state index contributed by atoms with van der Waals surface area (Å²) in [5.74, 6) is -0.589. The summed E-state index contributed by atoms with van der Waals surface area (Å²) in [6.07, 6.45) is 3.28. The molecule has 1 heterocycles. The van der Waals surface area contributed by atoms with E-state index in [-0.39, 0.29) is 12.2 Å². The molecule has 0 atom stereocenters. The van der Waals surface area contributed by atoms with E-state index in [2.05, 4.69) is 4.98 Å². The van der Waals surface area contributed by atoms with Gasteiger partial charge in [0.1, 0.15) is 10.8 Å². The number of allylic oxidation sites excluding steroid dienone is 1. The zero-order valence-corrected chi connectivity index (χ0v) is 13.8. The van der Waals surface area contributed by atoms with Gasteiger partial charge in [-0.05, 0) is 54.3 Å². The molecule has 0 aliphatic rings. The van der Waals surface area contributed by atoms with Crippen LogP contribution in [0.2, 0.25) is 0 Å². The number of para-hydroxylation sites is 1. The average molecular weight is 339 g/mol. The van der Waals surface area contributed by atoms with Crippen molar-refractivity contribution in [2.45, 2.75) is 19.3 Å². The van der Waals surface area contributed by atoms with Crippen LogP contribution in [0.3, 0.4) is 0 Å². The van der Waals surface area contributed by atoms with E-state index < -0.39 is 5.97 Å². The number of carbonyl (C=O) groups is 1. The van der Waals surface area contributed by atoms with Gasteiger partial charge in [-0.3, -0.25) is 4.79 Å². The number of nitrogens with zero attached hydrogens (tertiary/aromatic N) is 1. The maximum absolute atomic E-state index is 10.8. The van der Waals surface area contributed by atoms with Gasteiger partial charge in [0.2, 0.25) is 0 Å². The Morgan fingerprint density at radius 1 is 1.12 bits per heavy atom. The monoisotopic (exact) mass is 339 g/mol. The van der Waals surface area contributed by atoms with Crippen molar-refractivity contribution >= 4 is 39.2 Å². The quantitative estimate of drug-likeness (QED) is 0.677. The van der Waals surface area contributed by atoms with Crippen molar-refractivity contribution in [3.8, 4) is 5.75 Å². The minimum absolute atomic E-state index is 0.127. The molecule has 0 aliphatic heterocycles. The van der Waals surface area contributed by atoms with Crippen LogP contribution in [0.25, 0.3) is 21.9 Å². The van der Waals surface area contributed by atoms with Crippen LogP contribution < -0.4 is 0 Å². The molecule has 0 bridgehead atoms. The highest BCUT2D eigenvalue weighted by Crippen LogP contribution is 2.31. The Morgan fingerprint density at radius 3 is 2.71 bits per heavy atom. The number of aliphatic carboxylic acids is 1. The molecule has 3 rings (SSSR count). The van der Waals surface area contributed by atoms with E-state index in [1.165, 1.54) is 0 Å². The van der Waals surface area contributed by atoms with Crippen LogP contribution in [-0.2, 0) is 4.79 Å². The third kappa shape index (κ3) is 4.00. The van der Waals surface area contributed by atoms with Crippen LogP contribution >= 0.6 is 11.3 Å². The number of phenolic OH excluding ortho intramolecular Hbond substituents is 1. The van der Waals surface area contributed by atoms with Crippen LogP contribution in [0.15, 0.2) is 48.5 Å². The number of thiazole rings is 1. The number of aromatic nitrogens is 1. The van der Waals surface area contributed by atoms with Gasteiger partial charge in [0.05, 0.1) is 10.2 Å². The van der Waals surface area contributed by atoms with Crippen molar-refractivity contribution in [3.05, 3.63) is 59.1 Å². The van der Waals surface area contributed by atoms with E-state index in [1.54, 1.807) is 29.5 Å². The Balaban J connectivity index is 1.95. The zero-order chi connectivity index (χ0) is 16.9. The third-order valence-corrected chi connectivity index (χ3v) is 4.73. The summed E-state index contributed by atoms with van der Waals surface area (Å²) >= 11 is 1.60. The second kappa shape index (κ2) is 7.27. The summed E-state index contributed by atoms with van der Waals surface area (Å²) in [6.45, 7) is 0. The molecule has 0 amide bonds. The minimum atomic E-state index is -0.795. The molecule has 3 aromatic rings. The Labute approximate surface area is 143 Å². The Bertz CT molecular complexity index is 865. The summed E-state index contributed by atoms with van der Waals surface area (Å²) < 4.78 is 1.10. The highest BCUT2D eigenvalue weighted by atomic mass is 32.1. The van der Waals surface area contributed by atoms with Crippen molar-refractivity contribution in [1.82, 2.24) is 4.98 Å². The molecule has 0 saturated carbocycles. The molecule has 0 radical (unpaired) electrons. The molecule has 2 N–H and O–H groups in total. The predicted molar refractivity (Wildman–Crippen MR) is 97.1 cm³/mol. The predicted octanol–water partition coefficient (Wildman–Crippen LogP) is 4.80. The maximum atomic E-state index is 10.8. The summed E-state index contributed by atoms with van der Waals surface area (Å²) in [6, 6.07) is 14.9. The van der Waals surface area contributed by atoms with Crippen molar-refractivity contribution in [2.24, 2.45) is 0 Å². The molecule has 122 valence electrons. The second-order valence-corrected chi connectivity index (χ2v) is 6.53. The largest absolute Gasteiger partial charge is 0.508 e. The van der Waals surface area contributed by atoms with Gasteiger partial charge in [-0.25, -0.2) is 4.98 Å². The molecule has 0 unspecified atom stereocenters. The molecule has 0 aliphatic carbocycles. The first-order chi connectivity index (χ1) is 11.6. The normalized spacial score (nSPS) is 11.8. The van der Waals surface area contributed by atoms with E-state index in [9.17, 15) is 9.90 Å². The fourth-order valence-electron chi connectivity index (χ4n) is 2.50. The molecule has 0 fully saturated rings. The molecule has 5 heteroatoms. The zero-order valence-electron chi connectivity index (χ0n) is 13.0. The van der Waals surface area contributed by atoms with Crippen LogP contribution in [0.1, 0.15) is 29.8 Å². The van der Waals surface area contributed by atoms with E-state index in [4.69, 9.17) is 5.11 Å². The van der Waals surface area contributed by atoms with Crippen molar-refractivity contribution in [2.75, 3.05) is 0 Å². The number of carboxylic acid groups (broad SMARTS) is 1. The number of rotatable bonds is 6. The Hall–Kier alpha value is -2.66. The first-order valence-electron chi connectivity index (χ1n) is 7.69. The standard InChI is InChI=1S/C19H17NO3S/c21-15-7-3-5-13(12-15)11-14(6-4-10-18(22)23)19-20-16-8-1-2-9-17(16)24-19/h1-3,5,7-9,11-12,21H,4,6,10H2,(H,22,23)/b14-11+. The summed E-state index contributed by atoms with van der Waals surface area (Å²) in [4.78, 5) is 15.5. The first kappa shape index (κ1) is 16.2. The third-order valence-electron chi connectivity index (χ3n) is 3.62. The van der Waals surface area contributed by atoms with Gasteiger partial charge in [0.25, 0.3) is 0 Å². The van der Waals surface area contributed by atoms with Gasteiger partial charge in [-0.15, -0.1) is 11.3 Å². The molecule has 4 nitrogen and oxygen atoms in total. The molecule has 24 heavy (non-hydrogen) atoms. The average Bonchev–Trinajstić information content (AvgIpc) is 2.97. The maximum Gasteiger partial charge on any atom is 0.303 e. The van der Waals surface area contributed by atoms with Gasteiger partial charge in [0.15, 0.2) is 0 Å². The minimum Gasteiger partial charge on any atom is -0.508 e. The number of fused-ring (bicyclic) bond motifs is 1. The number of phenols is 1. The van der Waals surface area contributed by atoms with Crippen LogP contribution in [0, 0.1) is 0 Å². The molecular formula is C19H17NO3S. The van der Waals surface area contributed by atoms with Gasteiger partial charge in [-0.1, -0.05) is 24.3 Å². The van der Waals surface area contributed by atoms with Crippen LogP contribution in [-0.4, -0.2) is 21.2 Å². The Kier molecular flexibility index (Phi) is 4.91. The van der Waals surface area contributed by atoms with Gasteiger partial charge >= 0.3 is 5.97 Å². The lowest BCUT2D eigenvalue weighted by molar-refractivity contribution is -0.137. The van der Waals surface area contributed by atoms with Crippen molar-refractivity contribution in [3.63, 3.8) is 0 Å². The smallest absolute Gasteiger partial charge is 0.303 e. The molecule has 2 aromatic carbocycles. The fraction of sp³-hybridized carbons (Fsp3) is 0.158. The topological polar surface area (TPSA) is 70.4 Å². The molecule has 1 aromatic heterocycles. The lowest BCUT2D eigenvalue weighted by Gasteiger charge is -2.04. The highest BCUT2D eigenvalue weighted by molar-refractivity contribution is 7.19. The van der Waals surface area contributed by atoms with E-state index in [0.717, 1.165) is 26.4 Å². The second-order valence-electron chi connectivity index (χ2n) is 5.50. The molecule has 0 spiro atoms. The van der Waals surface area contributed by atoms with Crippen molar-refractivity contribution in [1.29, 1.82) is 0 Å². The van der Waals surface area contributed by atoms with Crippen LogP contribution in [0.4, 0.5) is 0 Å². The number of benzene rings is 2. The van der Waals surface area contributed by atoms with Crippen molar-refractivity contribution < 1.29 is 15.0 Å². The number of carboxylic acids is 1. The van der Waals surface area contributed by atoms with E-state index in [1.807, 2.05) is 36.4 Å². The lowest BCUT2D eigenvalue weighted by Crippen LogP contribution is -1.94. The van der Waals surface area contributed by atoms with Gasteiger partial charge in [-0.2, -0.15) is 0 Å². The summed E-state index contributed by atoms with van der Waals surface area (Å²) in [7, 11) is 0. The van der Waals surface area contributed by atoms with Gasteiger partial charge < -0.3 is 10.2 Å². The van der Waals surface area contributed by atoms with Gasteiger partial charge in [0, 0.05) is 6.42 Å². The first-order valence-corrected chi connectivity index (χ1v) is 8.51. The number of hydrogen-bond donors (Lipinski definition) is 2. The highest BCUT2D eigenvalue weighted by Gasteiger charge is 2.10. The number of aromatic hydroxyl groups is 1. The lowest BCUT2D eigenvalue weighted by atomic mass is 10.1. The fourth-order valence-corrected chi connectivity index (χ4v) is 3.51. The molecule has 0 saturated heterocycles. The number of hydrogen-bond acceptors (Lipinski definition) is 4. The SMILES string of the molecule is O=C(O)CCC/C(=C\c1cccc(O)c1)c1nc2ccccc2s1. The summed E-state index contributed by atoms with van der Waals surface area (Å²) in [5, 5.41) is 19.4. The Morgan fingerprint density at radius 2 is 1.96 bits per heavy atom. The van der Waals surface area contributed by atoms with E-state index in [0.29, 0.717) is 12.8 Å². The molecular weight excluding hydrogens is 322 g/mol.